The molecule has 22 heavy (non-hydrogen) atoms. The molecule has 1 aliphatic heterocycles. The lowest BCUT2D eigenvalue weighted by atomic mass is 10.1. The highest BCUT2D eigenvalue weighted by molar-refractivity contribution is 5.80. The Bertz CT molecular complexity index is 685. The first-order valence-electron chi connectivity index (χ1n) is 7.14. The minimum Gasteiger partial charge on any atom is -0.392 e. The van der Waals surface area contributed by atoms with E-state index in [1.54, 1.807) is 4.90 Å². The second-order valence-electron chi connectivity index (χ2n) is 5.62. The van der Waals surface area contributed by atoms with Gasteiger partial charge in [0, 0.05) is 12.1 Å². The SMILES string of the molecule is Cc1cccc(-c2noc(CN3C[C@@H](O)C[C@@H]3C(N)=O)n2)c1. The minimum absolute atomic E-state index is 0.295. The molecule has 2 aromatic rings. The zero-order valence-electron chi connectivity index (χ0n) is 12.3. The number of rotatable bonds is 4. The summed E-state index contributed by atoms with van der Waals surface area (Å²) in [6, 6.07) is 7.31. The lowest BCUT2D eigenvalue weighted by Gasteiger charge is -2.18. The number of β-amino-alcohol motifs (C(OH)–C–C–N with tert-alkyl or cyclic N) is 1. The van der Waals surface area contributed by atoms with Crippen molar-refractivity contribution in [3.05, 3.63) is 35.7 Å². The number of hydrogen-bond acceptors (Lipinski definition) is 6. The third-order valence-electron chi connectivity index (χ3n) is 3.79. The fourth-order valence-corrected chi connectivity index (χ4v) is 2.74. The van der Waals surface area contributed by atoms with Gasteiger partial charge in [-0.25, -0.2) is 0 Å². The van der Waals surface area contributed by atoms with Crippen LogP contribution in [0.1, 0.15) is 17.9 Å². The molecule has 0 saturated carbocycles. The Balaban J connectivity index is 1.76. The van der Waals surface area contributed by atoms with E-state index in [0.29, 0.717) is 31.2 Å². The van der Waals surface area contributed by atoms with Gasteiger partial charge in [-0.15, -0.1) is 0 Å². The van der Waals surface area contributed by atoms with Crippen LogP contribution in [-0.4, -0.2) is 44.7 Å². The van der Waals surface area contributed by atoms with Crippen molar-refractivity contribution in [3.8, 4) is 11.4 Å². The van der Waals surface area contributed by atoms with Gasteiger partial charge in [0.1, 0.15) is 0 Å². The molecule has 2 heterocycles. The number of carbonyl (C=O) groups is 1. The van der Waals surface area contributed by atoms with E-state index in [-0.39, 0.29) is 0 Å². The molecule has 1 aromatic heterocycles. The average molecular weight is 302 g/mol. The van der Waals surface area contributed by atoms with Gasteiger partial charge in [0.15, 0.2) is 0 Å². The topological polar surface area (TPSA) is 105 Å². The van der Waals surface area contributed by atoms with Gasteiger partial charge in [0.05, 0.1) is 18.7 Å². The van der Waals surface area contributed by atoms with Gasteiger partial charge < -0.3 is 15.4 Å². The van der Waals surface area contributed by atoms with Gasteiger partial charge in [-0.2, -0.15) is 4.98 Å². The number of aliphatic hydroxyl groups is 1. The van der Waals surface area contributed by atoms with Crippen molar-refractivity contribution in [1.29, 1.82) is 0 Å². The average Bonchev–Trinajstić information content (AvgIpc) is 3.06. The smallest absolute Gasteiger partial charge is 0.241 e. The van der Waals surface area contributed by atoms with Crippen LogP contribution >= 0.6 is 0 Å². The summed E-state index contributed by atoms with van der Waals surface area (Å²) in [7, 11) is 0. The largest absolute Gasteiger partial charge is 0.392 e. The summed E-state index contributed by atoms with van der Waals surface area (Å²) in [6.45, 7) is 2.66. The predicted molar refractivity (Wildman–Crippen MR) is 78.5 cm³/mol. The summed E-state index contributed by atoms with van der Waals surface area (Å²) in [5, 5.41) is 13.7. The molecule has 0 bridgehead atoms. The Morgan fingerprint density at radius 2 is 2.36 bits per heavy atom. The molecule has 1 fully saturated rings. The summed E-state index contributed by atoms with van der Waals surface area (Å²) >= 11 is 0. The normalized spacial score (nSPS) is 22.1. The van der Waals surface area contributed by atoms with Gasteiger partial charge in [-0.05, 0) is 19.4 Å². The number of aromatic nitrogens is 2. The Morgan fingerprint density at radius 3 is 3.09 bits per heavy atom. The van der Waals surface area contributed by atoms with Crippen LogP contribution in [-0.2, 0) is 11.3 Å². The molecule has 1 aromatic carbocycles. The van der Waals surface area contributed by atoms with Gasteiger partial charge in [-0.3, -0.25) is 9.69 Å². The van der Waals surface area contributed by atoms with Crippen LogP contribution in [0, 0.1) is 6.92 Å². The summed E-state index contributed by atoms with van der Waals surface area (Å²) in [5.74, 6) is 0.459. The third-order valence-corrected chi connectivity index (χ3v) is 3.79. The number of hydrogen-bond donors (Lipinski definition) is 2. The summed E-state index contributed by atoms with van der Waals surface area (Å²) in [4.78, 5) is 17.5. The lowest BCUT2D eigenvalue weighted by Crippen LogP contribution is -2.39. The molecule has 0 radical (unpaired) electrons. The van der Waals surface area contributed by atoms with Crippen molar-refractivity contribution in [2.75, 3.05) is 6.54 Å². The Hall–Kier alpha value is -2.25. The number of benzene rings is 1. The van der Waals surface area contributed by atoms with E-state index in [1.165, 1.54) is 0 Å². The fourth-order valence-electron chi connectivity index (χ4n) is 2.74. The Kier molecular flexibility index (Phi) is 3.91. The molecule has 3 rings (SSSR count). The number of nitrogens with two attached hydrogens (primary N) is 1. The second-order valence-corrected chi connectivity index (χ2v) is 5.62. The minimum atomic E-state index is -0.559. The molecule has 0 aliphatic carbocycles. The Morgan fingerprint density at radius 1 is 1.55 bits per heavy atom. The summed E-state index contributed by atoms with van der Waals surface area (Å²) in [6.07, 6.45) is -0.217. The van der Waals surface area contributed by atoms with Crippen LogP contribution in [0.2, 0.25) is 0 Å². The standard InChI is InChI=1S/C15H18N4O3/c1-9-3-2-4-10(5-9)15-17-13(22-18-15)8-19-7-11(20)6-12(19)14(16)21/h2-5,11-12,20H,6-8H2,1H3,(H2,16,21)/t11-,12+/m0/s1. The third kappa shape index (κ3) is 3.00. The maximum Gasteiger partial charge on any atom is 0.241 e. The number of primary amides is 1. The van der Waals surface area contributed by atoms with E-state index in [4.69, 9.17) is 10.3 Å². The molecule has 116 valence electrons. The molecule has 7 heteroatoms. The molecule has 3 N–H and O–H groups in total. The van der Waals surface area contributed by atoms with Gasteiger partial charge in [-0.1, -0.05) is 28.9 Å². The van der Waals surface area contributed by atoms with Crippen LogP contribution < -0.4 is 5.73 Å². The highest BCUT2D eigenvalue weighted by atomic mass is 16.5. The second kappa shape index (κ2) is 5.86. The molecule has 7 nitrogen and oxygen atoms in total. The Labute approximate surface area is 127 Å². The van der Waals surface area contributed by atoms with Crippen molar-refractivity contribution < 1.29 is 14.4 Å². The number of likely N-dealkylation sites (tertiary alicyclic amines) is 1. The van der Waals surface area contributed by atoms with Crippen LogP contribution in [0.25, 0.3) is 11.4 Å². The first-order valence-corrected chi connectivity index (χ1v) is 7.14. The van der Waals surface area contributed by atoms with Crippen molar-refractivity contribution >= 4 is 5.91 Å². The highest BCUT2D eigenvalue weighted by Crippen LogP contribution is 2.22. The van der Waals surface area contributed by atoms with E-state index in [9.17, 15) is 9.90 Å². The lowest BCUT2D eigenvalue weighted by molar-refractivity contribution is -0.122. The molecule has 0 spiro atoms. The van der Waals surface area contributed by atoms with Gasteiger partial charge in [0.25, 0.3) is 0 Å². The van der Waals surface area contributed by atoms with E-state index >= 15 is 0 Å². The van der Waals surface area contributed by atoms with Crippen molar-refractivity contribution in [2.45, 2.75) is 32.0 Å². The zero-order valence-corrected chi connectivity index (χ0v) is 12.3. The number of aliphatic hydroxyl groups excluding tert-OH is 1. The predicted octanol–water partition coefficient (Wildman–Crippen LogP) is 0.466. The zero-order chi connectivity index (χ0) is 15.7. The van der Waals surface area contributed by atoms with Crippen molar-refractivity contribution in [3.63, 3.8) is 0 Å². The maximum absolute atomic E-state index is 11.4. The van der Waals surface area contributed by atoms with Crippen LogP contribution in [0.3, 0.4) is 0 Å². The van der Waals surface area contributed by atoms with E-state index in [2.05, 4.69) is 10.1 Å². The quantitative estimate of drug-likeness (QED) is 0.850. The van der Waals surface area contributed by atoms with Crippen LogP contribution in [0.4, 0.5) is 0 Å². The van der Waals surface area contributed by atoms with Gasteiger partial charge in [0.2, 0.25) is 17.6 Å². The molecule has 0 unspecified atom stereocenters. The molecule has 1 saturated heterocycles. The molecule has 1 amide bonds. The first-order chi connectivity index (χ1) is 10.5. The molecule has 2 atom stereocenters. The monoisotopic (exact) mass is 302 g/mol. The van der Waals surface area contributed by atoms with E-state index in [0.717, 1.165) is 11.1 Å². The fraction of sp³-hybridized carbons (Fsp3) is 0.400. The van der Waals surface area contributed by atoms with E-state index in [1.807, 2.05) is 31.2 Å². The van der Waals surface area contributed by atoms with Crippen molar-refractivity contribution in [1.82, 2.24) is 15.0 Å². The highest BCUT2D eigenvalue weighted by Gasteiger charge is 2.35. The van der Waals surface area contributed by atoms with E-state index < -0.39 is 18.1 Å². The molecular weight excluding hydrogens is 284 g/mol. The van der Waals surface area contributed by atoms with Crippen LogP contribution in [0.5, 0.6) is 0 Å². The number of aryl methyl sites for hydroxylation is 1. The molecule has 1 aliphatic rings. The number of carbonyl (C=O) groups excluding carboxylic acids is 1. The summed E-state index contributed by atoms with van der Waals surface area (Å²) in [5.41, 5.74) is 7.35. The first kappa shape index (κ1) is 14.7. The number of nitrogens with zero attached hydrogens (tertiary/aromatic N) is 3. The van der Waals surface area contributed by atoms with Gasteiger partial charge >= 0.3 is 0 Å². The summed E-state index contributed by atoms with van der Waals surface area (Å²) < 4.78 is 5.25. The van der Waals surface area contributed by atoms with Crippen molar-refractivity contribution in [2.24, 2.45) is 5.73 Å². The molecular formula is C15H18N4O3. The number of amides is 1. The maximum atomic E-state index is 11.4. The van der Waals surface area contributed by atoms with Crippen LogP contribution in [0.15, 0.2) is 28.8 Å².